The molecule has 0 spiro atoms. The van der Waals surface area contributed by atoms with E-state index < -0.39 is 5.91 Å². The molecular weight excluding hydrogens is 496 g/mol. The second-order valence-corrected chi connectivity index (χ2v) is 8.39. The van der Waals surface area contributed by atoms with E-state index in [1.807, 2.05) is 54.6 Å². The van der Waals surface area contributed by atoms with Gasteiger partial charge in [0.2, 0.25) is 11.6 Å². The van der Waals surface area contributed by atoms with Crippen molar-refractivity contribution < 1.29 is 9.42 Å². The van der Waals surface area contributed by atoms with Gasteiger partial charge in [0.1, 0.15) is 5.69 Å². The average Bonchev–Trinajstić information content (AvgIpc) is 3.52. The lowest BCUT2D eigenvalue weighted by atomic mass is 10.1. The van der Waals surface area contributed by atoms with Gasteiger partial charge >= 0.3 is 0 Å². The standard InChI is InChI=1S/C20H13BrN8O2S/c21-15-12-8-4-5-9-13(12)32-14(15)10-23-25-20(30)16-17(11-6-2-1-3-7-11)29(28-24-16)19-18(22)26-31-27-19/h1-10H,(H2,22,26)(H,25,30). The molecule has 3 heterocycles. The second kappa shape index (κ2) is 8.32. The number of nitrogens with one attached hydrogen (secondary N) is 1. The summed E-state index contributed by atoms with van der Waals surface area (Å²) in [5, 5.41) is 20.6. The van der Waals surface area contributed by atoms with E-state index in [2.05, 4.69) is 51.7 Å². The number of thiophene rings is 1. The second-order valence-electron chi connectivity index (χ2n) is 6.51. The quantitative estimate of drug-likeness (QED) is 0.273. The molecule has 5 rings (SSSR count). The molecule has 158 valence electrons. The zero-order valence-electron chi connectivity index (χ0n) is 16.1. The lowest BCUT2D eigenvalue weighted by molar-refractivity contribution is 0.0950. The lowest BCUT2D eigenvalue weighted by Gasteiger charge is -2.05. The fourth-order valence-corrected chi connectivity index (χ4v) is 4.89. The average molecular weight is 509 g/mol. The number of hydrogen-bond acceptors (Lipinski definition) is 9. The van der Waals surface area contributed by atoms with Gasteiger partial charge in [-0.3, -0.25) is 4.79 Å². The van der Waals surface area contributed by atoms with Gasteiger partial charge < -0.3 is 5.73 Å². The summed E-state index contributed by atoms with van der Waals surface area (Å²) in [6, 6.07) is 17.1. The molecule has 32 heavy (non-hydrogen) atoms. The predicted octanol–water partition coefficient (Wildman–Crippen LogP) is 3.64. The maximum atomic E-state index is 12.9. The van der Waals surface area contributed by atoms with Gasteiger partial charge in [-0.1, -0.05) is 53.7 Å². The fraction of sp³-hybridized carbons (Fsp3) is 0. The number of rotatable bonds is 5. The first-order valence-corrected chi connectivity index (χ1v) is 10.8. The Balaban J connectivity index is 1.47. The van der Waals surface area contributed by atoms with Gasteiger partial charge in [0, 0.05) is 20.1 Å². The number of nitrogens with zero attached hydrogens (tertiary/aromatic N) is 6. The van der Waals surface area contributed by atoms with Gasteiger partial charge in [0.15, 0.2) is 5.69 Å². The molecule has 0 fully saturated rings. The molecular formula is C20H13BrN8O2S. The van der Waals surface area contributed by atoms with Crippen molar-refractivity contribution in [1.82, 2.24) is 30.7 Å². The Hall–Kier alpha value is -3.90. The molecule has 0 saturated heterocycles. The topological polar surface area (TPSA) is 137 Å². The number of carbonyl (C=O) groups is 1. The number of amides is 1. The number of benzene rings is 2. The molecule has 10 nitrogen and oxygen atoms in total. The smallest absolute Gasteiger partial charge is 0.294 e. The first-order valence-electron chi connectivity index (χ1n) is 9.23. The van der Waals surface area contributed by atoms with Crippen LogP contribution in [0.1, 0.15) is 15.4 Å². The van der Waals surface area contributed by atoms with Gasteiger partial charge in [0.05, 0.1) is 11.1 Å². The Morgan fingerprint density at radius 2 is 1.94 bits per heavy atom. The first kappa shape index (κ1) is 20.0. The van der Waals surface area contributed by atoms with Gasteiger partial charge in [-0.2, -0.15) is 9.78 Å². The number of nitrogens with two attached hydrogens (primary N) is 1. The lowest BCUT2D eigenvalue weighted by Crippen LogP contribution is -2.19. The third kappa shape index (κ3) is 3.55. The highest BCUT2D eigenvalue weighted by molar-refractivity contribution is 9.10. The summed E-state index contributed by atoms with van der Waals surface area (Å²) in [5.41, 5.74) is 9.43. The minimum absolute atomic E-state index is 0.0201. The van der Waals surface area contributed by atoms with Crippen LogP contribution in [0.2, 0.25) is 0 Å². The molecule has 5 aromatic rings. The molecule has 0 saturated carbocycles. The monoisotopic (exact) mass is 508 g/mol. The highest BCUT2D eigenvalue weighted by Crippen LogP contribution is 2.34. The van der Waals surface area contributed by atoms with E-state index in [9.17, 15) is 4.79 Å². The SMILES string of the molecule is Nc1nonc1-n1nnc(C(=O)NN=Cc2sc3ccccc3c2Br)c1-c1ccccc1. The normalized spacial score (nSPS) is 11.4. The summed E-state index contributed by atoms with van der Waals surface area (Å²) in [6.07, 6.45) is 1.58. The van der Waals surface area contributed by atoms with E-state index in [1.165, 1.54) is 4.68 Å². The van der Waals surface area contributed by atoms with Crippen LogP contribution >= 0.6 is 27.3 Å². The van der Waals surface area contributed by atoms with E-state index in [0.29, 0.717) is 11.3 Å². The third-order valence-corrected chi connectivity index (χ3v) is 6.76. The van der Waals surface area contributed by atoms with E-state index in [0.717, 1.165) is 19.4 Å². The molecule has 0 radical (unpaired) electrons. The Morgan fingerprint density at radius 3 is 2.69 bits per heavy atom. The fourth-order valence-electron chi connectivity index (χ4n) is 3.09. The Kier molecular flexibility index (Phi) is 5.21. The predicted molar refractivity (Wildman–Crippen MR) is 124 cm³/mol. The van der Waals surface area contributed by atoms with Crippen molar-refractivity contribution in [2.24, 2.45) is 5.10 Å². The molecule has 0 unspecified atom stereocenters. The van der Waals surface area contributed by atoms with Gasteiger partial charge in [-0.05, 0) is 32.3 Å². The summed E-state index contributed by atoms with van der Waals surface area (Å²) in [5.74, 6) is -0.390. The van der Waals surface area contributed by atoms with Crippen LogP contribution in [-0.2, 0) is 0 Å². The van der Waals surface area contributed by atoms with Crippen LogP contribution in [-0.4, -0.2) is 37.4 Å². The van der Waals surface area contributed by atoms with Crippen molar-refractivity contribution in [3.8, 4) is 17.1 Å². The Labute approximate surface area is 192 Å². The van der Waals surface area contributed by atoms with Crippen molar-refractivity contribution >= 4 is 55.3 Å². The molecule has 0 aliphatic carbocycles. The van der Waals surface area contributed by atoms with Gasteiger partial charge in [0.25, 0.3) is 5.91 Å². The Bertz CT molecular complexity index is 1460. The minimum atomic E-state index is -0.543. The molecule has 0 atom stereocenters. The van der Waals surface area contributed by atoms with Crippen molar-refractivity contribution in [1.29, 1.82) is 0 Å². The molecule has 1 amide bonds. The van der Waals surface area contributed by atoms with Crippen LogP contribution < -0.4 is 11.2 Å². The molecule has 12 heteroatoms. The number of carbonyl (C=O) groups excluding carboxylic acids is 1. The zero-order chi connectivity index (χ0) is 22.1. The number of anilines is 1. The van der Waals surface area contributed by atoms with Crippen LogP contribution in [0, 0.1) is 0 Å². The molecule has 3 aromatic heterocycles. The molecule has 2 aromatic carbocycles. The number of halogens is 1. The third-order valence-electron chi connectivity index (χ3n) is 4.54. The molecule has 0 aliphatic rings. The van der Waals surface area contributed by atoms with Crippen LogP contribution in [0.25, 0.3) is 27.2 Å². The summed E-state index contributed by atoms with van der Waals surface area (Å²) in [7, 11) is 0. The maximum absolute atomic E-state index is 12.9. The van der Waals surface area contributed by atoms with Crippen LogP contribution in [0.5, 0.6) is 0 Å². The van der Waals surface area contributed by atoms with Crippen LogP contribution in [0.3, 0.4) is 0 Å². The molecule has 3 N–H and O–H groups in total. The van der Waals surface area contributed by atoms with Crippen molar-refractivity contribution in [3.63, 3.8) is 0 Å². The summed E-state index contributed by atoms with van der Waals surface area (Å²) >= 11 is 5.14. The van der Waals surface area contributed by atoms with E-state index >= 15 is 0 Å². The van der Waals surface area contributed by atoms with Crippen LogP contribution in [0.15, 0.2) is 68.8 Å². The summed E-state index contributed by atoms with van der Waals surface area (Å²) in [6.45, 7) is 0. The van der Waals surface area contributed by atoms with E-state index in [1.54, 1.807) is 17.6 Å². The molecule has 0 bridgehead atoms. The number of hydrazone groups is 1. The largest absolute Gasteiger partial charge is 0.378 e. The maximum Gasteiger partial charge on any atom is 0.294 e. The first-order chi connectivity index (χ1) is 15.6. The van der Waals surface area contributed by atoms with Crippen LogP contribution in [0.4, 0.5) is 5.82 Å². The number of fused-ring (bicyclic) bond motifs is 1. The Morgan fingerprint density at radius 1 is 1.16 bits per heavy atom. The van der Waals surface area contributed by atoms with E-state index in [-0.39, 0.29) is 17.3 Å². The van der Waals surface area contributed by atoms with Crippen molar-refractivity contribution in [2.75, 3.05) is 5.73 Å². The van der Waals surface area contributed by atoms with E-state index in [4.69, 9.17) is 5.73 Å². The zero-order valence-corrected chi connectivity index (χ0v) is 18.5. The minimum Gasteiger partial charge on any atom is -0.378 e. The number of hydrogen-bond donors (Lipinski definition) is 2. The van der Waals surface area contributed by atoms with Gasteiger partial charge in [-0.15, -0.1) is 16.4 Å². The summed E-state index contributed by atoms with van der Waals surface area (Å²) < 4.78 is 8.01. The van der Waals surface area contributed by atoms with Crippen molar-refractivity contribution in [3.05, 3.63) is 69.6 Å². The highest BCUT2D eigenvalue weighted by Gasteiger charge is 2.25. The highest BCUT2D eigenvalue weighted by atomic mass is 79.9. The van der Waals surface area contributed by atoms with Crippen molar-refractivity contribution in [2.45, 2.75) is 0 Å². The number of nitrogen functional groups attached to an aromatic ring is 1. The number of aromatic nitrogens is 5. The molecule has 0 aliphatic heterocycles. The van der Waals surface area contributed by atoms with Gasteiger partial charge in [-0.25, -0.2) is 10.1 Å². The summed E-state index contributed by atoms with van der Waals surface area (Å²) in [4.78, 5) is 13.8.